The molecule has 0 aromatic rings. The van der Waals surface area contributed by atoms with E-state index in [0.29, 0.717) is 11.8 Å². The predicted octanol–water partition coefficient (Wildman–Crippen LogP) is 2.18. The van der Waals surface area contributed by atoms with Gasteiger partial charge in [-0.25, -0.2) is 0 Å². The van der Waals surface area contributed by atoms with E-state index in [1.165, 1.54) is 6.42 Å². The third-order valence-corrected chi connectivity index (χ3v) is 5.04. The number of rotatable bonds is 1. The Kier molecular flexibility index (Phi) is 2.43. The minimum absolute atomic E-state index is 0.200. The number of amides is 1. The largest absolute Gasteiger partial charge is 0.342 e. The second-order valence-electron chi connectivity index (χ2n) is 6.42. The molecule has 1 aliphatic heterocycles. The first-order valence-electron chi connectivity index (χ1n) is 6.81. The second-order valence-corrected chi connectivity index (χ2v) is 6.42. The molecule has 2 atom stereocenters. The zero-order valence-corrected chi connectivity index (χ0v) is 10.5. The average molecular weight is 232 g/mol. The maximum atomic E-state index is 12.3. The molecule has 2 saturated carbocycles. The Morgan fingerprint density at radius 1 is 1.24 bits per heavy atom. The minimum atomic E-state index is -0.200. The lowest BCUT2D eigenvalue weighted by molar-refractivity contribution is -0.137. The molecule has 3 aliphatic rings. The van der Waals surface area contributed by atoms with Gasteiger partial charge in [-0.3, -0.25) is 4.79 Å². The van der Waals surface area contributed by atoms with E-state index in [1.807, 2.05) is 11.8 Å². The molecule has 2 unspecified atom stereocenters. The Morgan fingerprint density at radius 2 is 1.82 bits per heavy atom. The van der Waals surface area contributed by atoms with Crippen molar-refractivity contribution in [2.75, 3.05) is 13.1 Å². The van der Waals surface area contributed by atoms with Crippen LogP contribution in [0.2, 0.25) is 0 Å². The molecular formula is C14H20N2O. The molecule has 2 aliphatic carbocycles. The molecule has 17 heavy (non-hydrogen) atoms. The van der Waals surface area contributed by atoms with Crippen LogP contribution in [0.25, 0.3) is 0 Å². The number of nitriles is 1. The first-order valence-corrected chi connectivity index (χ1v) is 6.81. The lowest BCUT2D eigenvalue weighted by Gasteiger charge is -2.36. The zero-order chi connectivity index (χ0) is 12.0. The van der Waals surface area contributed by atoms with Crippen molar-refractivity contribution in [3.05, 3.63) is 0 Å². The van der Waals surface area contributed by atoms with Crippen LogP contribution in [-0.2, 0) is 4.79 Å². The van der Waals surface area contributed by atoms with Crippen LogP contribution in [0.1, 0.15) is 39.0 Å². The van der Waals surface area contributed by atoms with Gasteiger partial charge in [0.05, 0.1) is 11.5 Å². The molecule has 92 valence electrons. The van der Waals surface area contributed by atoms with Gasteiger partial charge in [-0.2, -0.15) is 5.26 Å². The monoisotopic (exact) mass is 232 g/mol. The Bertz CT molecular complexity index is 366. The standard InChI is InChI=1S/C14H20N2O/c1-14(9-15)2-4-16(5-3-14)13(17)12-7-10-6-11(10)8-12/h10-12H,2-8H2,1H3. The summed E-state index contributed by atoms with van der Waals surface area (Å²) in [6.07, 6.45) is 5.32. The van der Waals surface area contributed by atoms with Gasteiger partial charge in [0.15, 0.2) is 0 Å². The molecule has 3 nitrogen and oxygen atoms in total. The van der Waals surface area contributed by atoms with Crippen molar-refractivity contribution in [1.29, 1.82) is 5.26 Å². The Balaban J connectivity index is 1.56. The third kappa shape index (κ3) is 1.94. The van der Waals surface area contributed by atoms with Gasteiger partial charge in [0, 0.05) is 19.0 Å². The Morgan fingerprint density at radius 3 is 2.35 bits per heavy atom. The number of carbonyl (C=O) groups is 1. The number of likely N-dealkylation sites (tertiary alicyclic amines) is 1. The normalized spacial score (nSPS) is 38.4. The highest BCUT2D eigenvalue weighted by Crippen LogP contribution is 2.54. The molecule has 3 heteroatoms. The highest BCUT2D eigenvalue weighted by atomic mass is 16.2. The number of piperidine rings is 1. The van der Waals surface area contributed by atoms with Crippen molar-refractivity contribution in [3.8, 4) is 6.07 Å². The minimum Gasteiger partial charge on any atom is -0.342 e. The lowest BCUT2D eigenvalue weighted by atomic mass is 9.81. The van der Waals surface area contributed by atoms with Crippen LogP contribution in [0.5, 0.6) is 0 Å². The summed E-state index contributed by atoms with van der Waals surface area (Å²) >= 11 is 0. The Labute approximate surface area is 103 Å². The quantitative estimate of drug-likeness (QED) is 0.695. The molecule has 0 spiro atoms. The highest BCUT2D eigenvalue weighted by molar-refractivity contribution is 5.79. The van der Waals surface area contributed by atoms with Crippen molar-refractivity contribution in [1.82, 2.24) is 4.90 Å². The summed E-state index contributed by atoms with van der Waals surface area (Å²) in [5.74, 6) is 2.43. The van der Waals surface area contributed by atoms with E-state index in [1.54, 1.807) is 0 Å². The van der Waals surface area contributed by atoms with Gasteiger partial charge >= 0.3 is 0 Å². The van der Waals surface area contributed by atoms with Gasteiger partial charge in [-0.05, 0) is 50.9 Å². The molecular weight excluding hydrogens is 212 g/mol. The maximum Gasteiger partial charge on any atom is 0.225 e. The molecule has 3 fully saturated rings. The second kappa shape index (κ2) is 3.73. The summed E-state index contributed by atoms with van der Waals surface area (Å²) in [5.41, 5.74) is -0.200. The SMILES string of the molecule is CC1(C#N)CCN(C(=O)C2CC3CC3C2)CC1. The van der Waals surface area contributed by atoms with E-state index in [0.717, 1.165) is 50.6 Å². The smallest absolute Gasteiger partial charge is 0.225 e. The predicted molar refractivity (Wildman–Crippen MR) is 63.9 cm³/mol. The van der Waals surface area contributed by atoms with E-state index >= 15 is 0 Å². The van der Waals surface area contributed by atoms with Gasteiger partial charge in [-0.1, -0.05) is 0 Å². The number of hydrogen-bond acceptors (Lipinski definition) is 2. The molecule has 1 heterocycles. The van der Waals surface area contributed by atoms with Crippen molar-refractivity contribution < 1.29 is 4.79 Å². The van der Waals surface area contributed by atoms with Crippen molar-refractivity contribution in [2.24, 2.45) is 23.2 Å². The first kappa shape index (κ1) is 11.1. The van der Waals surface area contributed by atoms with E-state index in [-0.39, 0.29) is 5.41 Å². The number of fused-ring (bicyclic) bond motifs is 1. The molecule has 0 bridgehead atoms. The summed E-state index contributed by atoms with van der Waals surface area (Å²) in [6.45, 7) is 3.59. The van der Waals surface area contributed by atoms with Crippen LogP contribution in [0.15, 0.2) is 0 Å². The summed E-state index contributed by atoms with van der Waals surface area (Å²) in [7, 11) is 0. The number of hydrogen-bond donors (Lipinski definition) is 0. The highest BCUT2D eigenvalue weighted by Gasteiger charge is 2.49. The van der Waals surface area contributed by atoms with E-state index in [4.69, 9.17) is 5.26 Å². The van der Waals surface area contributed by atoms with Crippen LogP contribution in [0.4, 0.5) is 0 Å². The van der Waals surface area contributed by atoms with E-state index in [9.17, 15) is 4.79 Å². The van der Waals surface area contributed by atoms with Gasteiger partial charge in [0.25, 0.3) is 0 Å². The lowest BCUT2D eigenvalue weighted by Crippen LogP contribution is -2.44. The molecule has 1 saturated heterocycles. The van der Waals surface area contributed by atoms with Gasteiger partial charge < -0.3 is 4.90 Å². The number of carbonyl (C=O) groups excluding carboxylic acids is 1. The zero-order valence-electron chi connectivity index (χ0n) is 10.5. The molecule has 1 amide bonds. The average Bonchev–Trinajstić information content (AvgIpc) is 2.96. The molecule has 3 rings (SSSR count). The van der Waals surface area contributed by atoms with Crippen LogP contribution in [-0.4, -0.2) is 23.9 Å². The Hall–Kier alpha value is -1.04. The third-order valence-electron chi connectivity index (χ3n) is 5.04. The molecule has 0 aromatic heterocycles. The molecule has 0 N–H and O–H groups in total. The van der Waals surface area contributed by atoms with Gasteiger partial charge in [0.1, 0.15) is 0 Å². The fraction of sp³-hybridized carbons (Fsp3) is 0.857. The van der Waals surface area contributed by atoms with Gasteiger partial charge in [0.2, 0.25) is 5.91 Å². The summed E-state index contributed by atoms with van der Waals surface area (Å²) < 4.78 is 0. The van der Waals surface area contributed by atoms with Crippen LogP contribution in [0, 0.1) is 34.5 Å². The maximum absolute atomic E-state index is 12.3. The van der Waals surface area contributed by atoms with Crippen molar-refractivity contribution >= 4 is 5.91 Å². The topological polar surface area (TPSA) is 44.1 Å². The first-order chi connectivity index (χ1) is 8.11. The van der Waals surface area contributed by atoms with Crippen LogP contribution in [0.3, 0.4) is 0 Å². The summed E-state index contributed by atoms with van der Waals surface area (Å²) in [5, 5.41) is 9.07. The fourth-order valence-corrected chi connectivity index (χ4v) is 3.51. The number of nitrogens with zero attached hydrogens (tertiary/aromatic N) is 2. The van der Waals surface area contributed by atoms with Gasteiger partial charge in [-0.15, -0.1) is 0 Å². The van der Waals surface area contributed by atoms with E-state index < -0.39 is 0 Å². The fourth-order valence-electron chi connectivity index (χ4n) is 3.51. The molecule has 0 aromatic carbocycles. The summed E-state index contributed by atoms with van der Waals surface area (Å²) in [4.78, 5) is 14.3. The van der Waals surface area contributed by atoms with Crippen LogP contribution >= 0.6 is 0 Å². The van der Waals surface area contributed by atoms with Crippen molar-refractivity contribution in [3.63, 3.8) is 0 Å². The van der Waals surface area contributed by atoms with Crippen molar-refractivity contribution in [2.45, 2.75) is 39.0 Å². The molecule has 0 radical (unpaired) electrons. The summed E-state index contributed by atoms with van der Waals surface area (Å²) in [6, 6.07) is 2.39. The van der Waals surface area contributed by atoms with Crippen LogP contribution < -0.4 is 0 Å². The van der Waals surface area contributed by atoms with E-state index in [2.05, 4.69) is 6.07 Å².